The zero-order valence-electron chi connectivity index (χ0n) is 19.8. The van der Waals surface area contributed by atoms with Crippen molar-refractivity contribution >= 4 is 0 Å². The fraction of sp³-hybridized carbons (Fsp3) is 0.423. The molecule has 5 rings (SSSR count). The molecule has 0 atom stereocenters. The highest BCUT2D eigenvalue weighted by atomic mass is 16.5. The first-order valence-corrected chi connectivity index (χ1v) is 11.6. The number of aromatic nitrogens is 2. The molecule has 0 saturated carbocycles. The third kappa shape index (κ3) is 5.98. The molecule has 33 heavy (non-hydrogen) atoms. The maximum Gasteiger partial charge on any atom is 0.258 e. The minimum atomic E-state index is -0.0463. The number of rotatable bonds is 4. The van der Waals surface area contributed by atoms with Crippen LogP contribution in [-0.4, -0.2) is 40.5 Å². The van der Waals surface area contributed by atoms with Crippen molar-refractivity contribution in [3.63, 3.8) is 0 Å². The van der Waals surface area contributed by atoms with E-state index < -0.39 is 0 Å². The lowest BCUT2D eigenvalue weighted by Gasteiger charge is -2.20. The summed E-state index contributed by atoms with van der Waals surface area (Å²) in [7, 11) is 0. The number of benzene rings is 2. The number of hydrogen-bond donors (Lipinski definition) is 2. The third-order valence-electron chi connectivity index (χ3n) is 5.28. The van der Waals surface area contributed by atoms with Gasteiger partial charge in [-0.3, -0.25) is 0 Å². The summed E-state index contributed by atoms with van der Waals surface area (Å²) in [6.07, 6.45) is 3.28. The molecule has 1 saturated heterocycles. The molecular weight excluding hydrogens is 416 g/mol. The van der Waals surface area contributed by atoms with Gasteiger partial charge in [0, 0.05) is 24.2 Å². The van der Waals surface area contributed by atoms with Crippen LogP contribution < -0.4 is 10.1 Å². The summed E-state index contributed by atoms with van der Waals surface area (Å²) in [5.41, 5.74) is 4.89. The predicted octanol–water partition coefficient (Wildman–Crippen LogP) is 4.53. The zero-order chi connectivity index (χ0) is 23.8. The van der Waals surface area contributed by atoms with Crippen molar-refractivity contribution in [2.75, 3.05) is 13.1 Å². The largest absolute Gasteiger partial charge is 0.490 e. The monoisotopic (exact) mass is 448 g/mol. The molecule has 2 aromatic carbocycles. The van der Waals surface area contributed by atoms with Crippen LogP contribution >= 0.6 is 0 Å². The van der Waals surface area contributed by atoms with Gasteiger partial charge in [-0.1, -0.05) is 37.2 Å². The molecule has 2 N–H and O–H groups in total. The average Bonchev–Trinajstić information content (AvgIpc) is 3.49. The molecule has 3 aromatic rings. The SMILES string of the molecule is CC.CC(C)Oc1ccc(-c2nc(-c3cccc4c3CCC4)no2)cc1C#N.OC1CNC1. The van der Waals surface area contributed by atoms with Crippen molar-refractivity contribution in [3.8, 4) is 34.7 Å². The van der Waals surface area contributed by atoms with E-state index >= 15 is 0 Å². The minimum Gasteiger partial charge on any atom is -0.490 e. The molecule has 0 bridgehead atoms. The molecule has 1 aliphatic carbocycles. The van der Waals surface area contributed by atoms with Gasteiger partial charge in [-0.25, -0.2) is 0 Å². The summed E-state index contributed by atoms with van der Waals surface area (Å²) in [5.74, 6) is 1.56. The summed E-state index contributed by atoms with van der Waals surface area (Å²) in [4.78, 5) is 4.57. The Bertz CT molecular complexity index is 1100. The Morgan fingerprint density at radius 1 is 1.18 bits per heavy atom. The van der Waals surface area contributed by atoms with Crippen molar-refractivity contribution in [1.29, 1.82) is 5.26 Å². The predicted molar refractivity (Wildman–Crippen MR) is 128 cm³/mol. The van der Waals surface area contributed by atoms with Crippen molar-refractivity contribution in [2.24, 2.45) is 0 Å². The lowest BCUT2D eigenvalue weighted by atomic mass is 10.0. The van der Waals surface area contributed by atoms with Gasteiger partial charge in [0.15, 0.2) is 0 Å². The van der Waals surface area contributed by atoms with Gasteiger partial charge in [0.2, 0.25) is 5.82 Å². The summed E-state index contributed by atoms with van der Waals surface area (Å²) in [6, 6.07) is 13.8. The molecule has 2 heterocycles. The number of hydrogen-bond acceptors (Lipinski definition) is 7. The Morgan fingerprint density at radius 3 is 2.58 bits per heavy atom. The van der Waals surface area contributed by atoms with E-state index in [2.05, 4.69) is 27.6 Å². The van der Waals surface area contributed by atoms with Crippen molar-refractivity contribution < 1.29 is 14.4 Å². The summed E-state index contributed by atoms with van der Waals surface area (Å²) >= 11 is 0. The normalized spacial score (nSPS) is 14.2. The first-order chi connectivity index (χ1) is 16.0. The van der Waals surface area contributed by atoms with Crippen LogP contribution in [-0.2, 0) is 12.8 Å². The molecule has 7 heteroatoms. The molecule has 1 aliphatic heterocycles. The van der Waals surface area contributed by atoms with Crippen LogP contribution in [0.15, 0.2) is 40.9 Å². The minimum absolute atomic E-state index is 0.00290. The van der Waals surface area contributed by atoms with Gasteiger partial charge in [-0.15, -0.1) is 0 Å². The second-order valence-electron chi connectivity index (χ2n) is 8.02. The fourth-order valence-corrected chi connectivity index (χ4v) is 3.66. The molecule has 0 radical (unpaired) electrons. The molecule has 0 spiro atoms. The van der Waals surface area contributed by atoms with E-state index in [1.54, 1.807) is 12.1 Å². The first kappa shape index (κ1) is 24.4. The molecule has 174 valence electrons. The van der Waals surface area contributed by atoms with Crippen molar-refractivity contribution in [1.82, 2.24) is 15.5 Å². The Kier molecular flexibility index (Phi) is 8.58. The van der Waals surface area contributed by atoms with Crippen LogP contribution in [0.4, 0.5) is 0 Å². The van der Waals surface area contributed by atoms with E-state index in [1.807, 2.05) is 45.9 Å². The van der Waals surface area contributed by atoms with Gasteiger partial charge in [0.1, 0.15) is 11.8 Å². The molecule has 1 aromatic heterocycles. The van der Waals surface area contributed by atoms with Crippen LogP contribution in [0, 0.1) is 11.3 Å². The van der Waals surface area contributed by atoms with Gasteiger partial charge in [-0.2, -0.15) is 10.2 Å². The van der Waals surface area contributed by atoms with E-state index in [-0.39, 0.29) is 12.2 Å². The maximum atomic E-state index is 9.40. The standard InChI is InChI=1S/C21H19N3O2.C3H7NO.C2H6/c1-13(2)25-19-10-9-15(11-16(19)12-22)21-23-20(24-26-21)18-8-4-6-14-5-3-7-17(14)18;5-3-1-4-2-3;1-2/h4,6,8-11,13H,3,5,7H2,1-2H3;3-5H,1-2H2;1-2H3. The summed E-state index contributed by atoms with van der Waals surface area (Å²) in [6.45, 7) is 9.44. The van der Waals surface area contributed by atoms with E-state index in [0.29, 0.717) is 28.6 Å². The van der Waals surface area contributed by atoms with Gasteiger partial charge in [0.25, 0.3) is 5.89 Å². The van der Waals surface area contributed by atoms with Crippen LogP contribution in [0.5, 0.6) is 5.75 Å². The topological polar surface area (TPSA) is 104 Å². The van der Waals surface area contributed by atoms with E-state index in [1.165, 1.54) is 17.5 Å². The molecular formula is C26H32N4O3. The van der Waals surface area contributed by atoms with Crippen LogP contribution in [0.2, 0.25) is 0 Å². The lowest BCUT2D eigenvalue weighted by molar-refractivity contribution is 0.117. The van der Waals surface area contributed by atoms with E-state index in [9.17, 15) is 5.26 Å². The van der Waals surface area contributed by atoms with Crippen molar-refractivity contribution in [2.45, 2.75) is 59.2 Å². The fourth-order valence-electron chi connectivity index (χ4n) is 3.66. The third-order valence-corrected chi connectivity index (χ3v) is 5.28. The lowest BCUT2D eigenvalue weighted by Crippen LogP contribution is -2.46. The van der Waals surface area contributed by atoms with E-state index in [0.717, 1.165) is 31.5 Å². The number of aliphatic hydroxyl groups excluding tert-OH is 1. The number of nitriles is 1. The Hall–Kier alpha value is -3.21. The average molecular weight is 449 g/mol. The number of β-amino-alcohol motifs (C(OH)–C–C–N with tert-alkyl or cyclic N) is 1. The Labute approximate surface area is 195 Å². The zero-order valence-corrected chi connectivity index (χ0v) is 19.8. The quantitative estimate of drug-likeness (QED) is 0.604. The smallest absolute Gasteiger partial charge is 0.258 e. The first-order valence-electron chi connectivity index (χ1n) is 11.6. The van der Waals surface area contributed by atoms with Crippen LogP contribution in [0.1, 0.15) is 50.8 Å². The Morgan fingerprint density at radius 2 is 1.94 bits per heavy atom. The second-order valence-corrected chi connectivity index (χ2v) is 8.02. The second kappa shape index (κ2) is 11.6. The molecule has 1 fully saturated rings. The highest BCUT2D eigenvalue weighted by molar-refractivity contribution is 5.66. The molecule has 7 nitrogen and oxygen atoms in total. The summed E-state index contributed by atoms with van der Waals surface area (Å²) in [5, 5.41) is 24.9. The van der Waals surface area contributed by atoms with Gasteiger partial charge in [-0.05, 0) is 62.4 Å². The Balaban J connectivity index is 0.000000381. The maximum absolute atomic E-state index is 9.40. The van der Waals surface area contributed by atoms with Crippen molar-refractivity contribution in [3.05, 3.63) is 53.1 Å². The summed E-state index contributed by atoms with van der Waals surface area (Å²) < 4.78 is 11.1. The molecule has 2 aliphatic rings. The van der Waals surface area contributed by atoms with E-state index in [4.69, 9.17) is 14.4 Å². The highest BCUT2D eigenvalue weighted by Crippen LogP contribution is 2.32. The highest BCUT2D eigenvalue weighted by Gasteiger charge is 2.20. The number of fused-ring (bicyclic) bond motifs is 1. The van der Waals surface area contributed by atoms with Gasteiger partial charge in [0.05, 0.1) is 17.8 Å². The van der Waals surface area contributed by atoms with Gasteiger partial charge < -0.3 is 19.7 Å². The molecule has 0 unspecified atom stereocenters. The number of nitrogens with one attached hydrogen (secondary N) is 1. The van der Waals surface area contributed by atoms with Gasteiger partial charge >= 0.3 is 0 Å². The number of ether oxygens (including phenoxy) is 1. The number of nitrogens with zero attached hydrogens (tertiary/aromatic N) is 3. The number of aliphatic hydroxyl groups is 1. The van der Waals surface area contributed by atoms with Crippen LogP contribution in [0.3, 0.4) is 0 Å². The number of aryl methyl sites for hydroxylation is 1. The van der Waals surface area contributed by atoms with Crippen LogP contribution in [0.25, 0.3) is 22.8 Å². The molecule has 0 amide bonds.